The lowest BCUT2D eigenvalue weighted by Crippen LogP contribution is -2.16. The van der Waals surface area contributed by atoms with Crippen LogP contribution >= 0.6 is 11.8 Å². The second-order valence-electron chi connectivity index (χ2n) is 5.63. The summed E-state index contributed by atoms with van der Waals surface area (Å²) in [5.74, 6) is 0. The van der Waals surface area contributed by atoms with Crippen LogP contribution in [0.1, 0.15) is 29.2 Å². The first-order chi connectivity index (χ1) is 11.3. The van der Waals surface area contributed by atoms with Crippen LogP contribution in [0.5, 0.6) is 0 Å². The summed E-state index contributed by atoms with van der Waals surface area (Å²) in [5.41, 5.74) is 8.66. The van der Waals surface area contributed by atoms with E-state index in [1.807, 2.05) is 12.1 Å². The molecule has 1 fully saturated rings. The summed E-state index contributed by atoms with van der Waals surface area (Å²) in [6.45, 7) is 1.51. The molecule has 1 aliphatic rings. The summed E-state index contributed by atoms with van der Waals surface area (Å²) in [5, 5.41) is 0.781. The standard InChI is InChI=1S/C19H22N2OS/c20-19(21-14-17-12-7-13-22-17)23-18(15-8-3-1-4-9-15)16-10-5-2-6-11-16/h1-6,8-11,17-18H,7,12-14H2,(H2,20,21)/t17-/m0/s1. The van der Waals surface area contributed by atoms with Crippen molar-refractivity contribution in [3.63, 3.8) is 0 Å². The van der Waals surface area contributed by atoms with Gasteiger partial charge in [-0.15, -0.1) is 0 Å². The van der Waals surface area contributed by atoms with Gasteiger partial charge in [-0.05, 0) is 24.0 Å². The Hall–Kier alpha value is -1.78. The van der Waals surface area contributed by atoms with E-state index in [9.17, 15) is 0 Å². The van der Waals surface area contributed by atoms with Crippen molar-refractivity contribution in [1.82, 2.24) is 0 Å². The first-order valence-corrected chi connectivity index (χ1v) is 8.89. The molecule has 1 saturated heterocycles. The number of benzene rings is 2. The van der Waals surface area contributed by atoms with Crippen molar-refractivity contribution >= 4 is 16.9 Å². The molecule has 0 unspecified atom stereocenters. The molecule has 0 saturated carbocycles. The maximum atomic E-state index is 6.18. The Morgan fingerprint density at radius 2 is 1.70 bits per heavy atom. The predicted molar refractivity (Wildman–Crippen MR) is 97.8 cm³/mol. The number of nitrogens with two attached hydrogens (primary N) is 1. The third-order valence-electron chi connectivity index (χ3n) is 3.92. The van der Waals surface area contributed by atoms with E-state index < -0.39 is 0 Å². The highest BCUT2D eigenvalue weighted by Crippen LogP contribution is 2.35. The molecule has 1 aliphatic heterocycles. The number of thioether (sulfide) groups is 1. The van der Waals surface area contributed by atoms with Gasteiger partial charge in [-0.2, -0.15) is 0 Å². The number of amidine groups is 1. The van der Waals surface area contributed by atoms with Crippen LogP contribution in [0.3, 0.4) is 0 Å². The Morgan fingerprint density at radius 1 is 1.09 bits per heavy atom. The van der Waals surface area contributed by atoms with Crippen LogP contribution in [0, 0.1) is 0 Å². The summed E-state index contributed by atoms with van der Waals surface area (Å²) < 4.78 is 5.61. The minimum Gasteiger partial charge on any atom is -0.379 e. The van der Waals surface area contributed by atoms with Gasteiger partial charge in [0.1, 0.15) is 0 Å². The van der Waals surface area contributed by atoms with Crippen molar-refractivity contribution in [3.8, 4) is 0 Å². The van der Waals surface area contributed by atoms with E-state index in [1.165, 1.54) is 11.1 Å². The van der Waals surface area contributed by atoms with Gasteiger partial charge in [0.15, 0.2) is 5.17 Å². The van der Waals surface area contributed by atoms with Gasteiger partial charge >= 0.3 is 0 Å². The van der Waals surface area contributed by atoms with Crippen molar-refractivity contribution in [2.24, 2.45) is 10.7 Å². The molecule has 0 bridgehead atoms. The SMILES string of the molecule is NC(=NC[C@@H]1CCCO1)SC(c1ccccc1)c1ccccc1. The van der Waals surface area contributed by atoms with E-state index in [2.05, 4.69) is 53.5 Å². The summed E-state index contributed by atoms with van der Waals surface area (Å²) in [7, 11) is 0. The summed E-state index contributed by atoms with van der Waals surface area (Å²) in [6.07, 6.45) is 2.45. The molecule has 4 heteroatoms. The Kier molecular flexibility index (Phi) is 5.72. The molecule has 1 atom stereocenters. The molecule has 1 heterocycles. The van der Waals surface area contributed by atoms with Crippen molar-refractivity contribution in [2.75, 3.05) is 13.2 Å². The average Bonchev–Trinajstić information content (AvgIpc) is 3.13. The van der Waals surface area contributed by atoms with Crippen LogP contribution in [0.15, 0.2) is 65.7 Å². The molecule has 3 rings (SSSR count). The zero-order valence-electron chi connectivity index (χ0n) is 13.1. The maximum absolute atomic E-state index is 6.18. The third-order valence-corrected chi connectivity index (χ3v) is 5.07. The lowest BCUT2D eigenvalue weighted by atomic mass is 10.0. The maximum Gasteiger partial charge on any atom is 0.154 e. The van der Waals surface area contributed by atoms with Gasteiger partial charge in [-0.3, -0.25) is 4.99 Å². The van der Waals surface area contributed by atoms with Gasteiger partial charge in [0.25, 0.3) is 0 Å². The monoisotopic (exact) mass is 326 g/mol. The van der Waals surface area contributed by atoms with E-state index in [0.717, 1.165) is 19.4 Å². The topological polar surface area (TPSA) is 47.6 Å². The largest absolute Gasteiger partial charge is 0.379 e. The summed E-state index contributed by atoms with van der Waals surface area (Å²) >= 11 is 1.61. The van der Waals surface area contributed by atoms with Crippen molar-refractivity contribution in [3.05, 3.63) is 71.8 Å². The fourth-order valence-corrected chi connectivity index (χ4v) is 3.70. The van der Waals surface area contributed by atoms with E-state index in [0.29, 0.717) is 11.7 Å². The molecule has 0 spiro atoms. The predicted octanol–water partition coefficient (Wildman–Crippen LogP) is 4.00. The van der Waals surface area contributed by atoms with Gasteiger partial charge in [0, 0.05) is 6.61 Å². The lowest BCUT2D eigenvalue weighted by molar-refractivity contribution is 0.118. The Bertz CT molecular complexity index is 585. The van der Waals surface area contributed by atoms with Gasteiger partial charge in [-0.25, -0.2) is 0 Å². The number of aliphatic imine (C=N–C) groups is 1. The molecule has 3 nitrogen and oxygen atoms in total. The molecule has 23 heavy (non-hydrogen) atoms. The van der Waals surface area contributed by atoms with Crippen molar-refractivity contribution in [1.29, 1.82) is 0 Å². The van der Waals surface area contributed by atoms with Crippen LogP contribution in [-0.4, -0.2) is 24.4 Å². The molecular weight excluding hydrogens is 304 g/mol. The quantitative estimate of drug-likeness (QED) is 0.667. The number of ether oxygens (including phenoxy) is 1. The molecule has 0 aliphatic carbocycles. The zero-order valence-corrected chi connectivity index (χ0v) is 13.9. The molecule has 2 aromatic rings. The van der Waals surface area contributed by atoms with Gasteiger partial charge in [0.2, 0.25) is 0 Å². The average molecular weight is 326 g/mol. The molecule has 2 aromatic carbocycles. The highest BCUT2D eigenvalue weighted by atomic mass is 32.2. The van der Waals surface area contributed by atoms with Crippen LogP contribution in [0.2, 0.25) is 0 Å². The first kappa shape index (κ1) is 16.1. The minimum absolute atomic E-state index is 0.158. The second-order valence-corrected chi connectivity index (χ2v) is 6.76. The molecule has 120 valence electrons. The smallest absolute Gasteiger partial charge is 0.154 e. The lowest BCUT2D eigenvalue weighted by Gasteiger charge is -2.17. The number of hydrogen-bond acceptors (Lipinski definition) is 3. The van der Waals surface area contributed by atoms with Gasteiger partial charge < -0.3 is 10.5 Å². The van der Waals surface area contributed by atoms with Crippen LogP contribution < -0.4 is 5.73 Å². The van der Waals surface area contributed by atoms with Crippen molar-refractivity contribution < 1.29 is 4.74 Å². The van der Waals surface area contributed by atoms with Crippen LogP contribution in [0.25, 0.3) is 0 Å². The van der Waals surface area contributed by atoms with Crippen LogP contribution in [-0.2, 0) is 4.74 Å². The van der Waals surface area contributed by atoms with Crippen molar-refractivity contribution in [2.45, 2.75) is 24.2 Å². The molecule has 0 aromatic heterocycles. The van der Waals surface area contributed by atoms with E-state index in [-0.39, 0.29) is 11.4 Å². The van der Waals surface area contributed by atoms with Crippen LogP contribution in [0.4, 0.5) is 0 Å². The zero-order chi connectivity index (χ0) is 15.9. The molecule has 0 amide bonds. The fraction of sp³-hybridized carbons (Fsp3) is 0.316. The van der Waals surface area contributed by atoms with E-state index in [1.54, 1.807) is 11.8 Å². The number of rotatable bonds is 5. The molecule has 2 N–H and O–H groups in total. The number of nitrogens with zero attached hydrogens (tertiary/aromatic N) is 1. The van der Waals surface area contributed by atoms with Gasteiger partial charge in [-0.1, -0.05) is 72.4 Å². The second kappa shape index (κ2) is 8.18. The highest BCUT2D eigenvalue weighted by molar-refractivity contribution is 8.14. The third kappa shape index (κ3) is 4.60. The number of hydrogen-bond donors (Lipinski definition) is 1. The molecule has 0 radical (unpaired) electrons. The van der Waals surface area contributed by atoms with E-state index >= 15 is 0 Å². The first-order valence-electron chi connectivity index (χ1n) is 8.01. The van der Waals surface area contributed by atoms with E-state index in [4.69, 9.17) is 10.5 Å². The summed E-state index contributed by atoms with van der Waals surface area (Å²) in [6, 6.07) is 20.9. The normalized spacial score (nSPS) is 18.5. The Morgan fingerprint density at radius 3 is 2.22 bits per heavy atom. The Labute approximate surface area is 142 Å². The van der Waals surface area contributed by atoms with Gasteiger partial charge in [0.05, 0.1) is 17.9 Å². The fourth-order valence-electron chi connectivity index (χ4n) is 2.72. The summed E-state index contributed by atoms with van der Waals surface area (Å²) in [4.78, 5) is 4.53. The Balaban J connectivity index is 1.74. The molecular formula is C19H22N2OS. The minimum atomic E-state index is 0.158. The highest BCUT2D eigenvalue weighted by Gasteiger charge is 2.18.